The first kappa shape index (κ1) is 14.5. The quantitative estimate of drug-likeness (QED) is 0.647. The van der Waals surface area contributed by atoms with E-state index in [2.05, 4.69) is 0 Å². The molecule has 0 unspecified atom stereocenters. The molecule has 0 spiro atoms. The number of nitrogens with zero attached hydrogens (tertiary/aromatic N) is 1. The summed E-state index contributed by atoms with van der Waals surface area (Å²) < 4.78 is 26.4. The van der Waals surface area contributed by atoms with E-state index in [1.807, 2.05) is 13.0 Å². The van der Waals surface area contributed by atoms with Crippen LogP contribution in [0.5, 0.6) is 0 Å². The lowest BCUT2D eigenvalue weighted by Gasteiger charge is -2.26. The molecule has 0 saturated carbocycles. The molecule has 0 aliphatic carbocycles. The van der Waals surface area contributed by atoms with Crippen LogP contribution in [0, 0.1) is 0 Å². The van der Waals surface area contributed by atoms with Crippen molar-refractivity contribution in [3.63, 3.8) is 0 Å². The van der Waals surface area contributed by atoms with Crippen LogP contribution in [0.4, 0.5) is 5.69 Å². The van der Waals surface area contributed by atoms with Crippen LogP contribution in [0.15, 0.2) is 34.7 Å². The van der Waals surface area contributed by atoms with Gasteiger partial charge in [-0.1, -0.05) is 11.6 Å². The van der Waals surface area contributed by atoms with Gasteiger partial charge in [-0.15, -0.1) is 0 Å². The maximum Gasteiger partial charge on any atom is 0.337 e. The van der Waals surface area contributed by atoms with Crippen molar-refractivity contribution in [3.8, 4) is 0 Å². The van der Waals surface area contributed by atoms with Crippen LogP contribution in [0.2, 0.25) is 0 Å². The Labute approximate surface area is 117 Å². The molecule has 0 fully saturated rings. The lowest BCUT2D eigenvalue weighted by molar-refractivity contribution is 0.0692. The average molecular weight is 296 g/mol. The first-order valence-electron chi connectivity index (χ1n) is 6.11. The van der Waals surface area contributed by atoms with E-state index >= 15 is 0 Å². The van der Waals surface area contributed by atoms with Gasteiger partial charge >= 0.3 is 5.97 Å². The number of nitrogen functional groups attached to an aromatic ring is 1. The Bertz CT molecular complexity index is 680. The topological polar surface area (TPSA) is 101 Å². The lowest BCUT2D eigenvalue weighted by Crippen LogP contribution is -2.36. The third kappa shape index (κ3) is 2.68. The zero-order valence-electron chi connectivity index (χ0n) is 11.0. The minimum atomic E-state index is -3.83. The van der Waals surface area contributed by atoms with Gasteiger partial charge in [0.05, 0.1) is 10.5 Å². The molecule has 2 rings (SSSR count). The number of carboxylic acid groups (broad SMARTS) is 1. The first-order chi connectivity index (χ1) is 9.32. The van der Waals surface area contributed by atoms with Gasteiger partial charge in [-0.2, -0.15) is 4.31 Å². The molecule has 1 aliphatic heterocycles. The fraction of sp³-hybridized carbons (Fsp3) is 0.308. The van der Waals surface area contributed by atoms with Crippen LogP contribution in [-0.2, 0) is 10.0 Å². The second kappa shape index (κ2) is 5.26. The number of benzene rings is 1. The van der Waals surface area contributed by atoms with Gasteiger partial charge < -0.3 is 10.8 Å². The first-order valence-corrected chi connectivity index (χ1v) is 7.55. The highest BCUT2D eigenvalue weighted by Crippen LogP contribution is 2.25. The van der Waals surface area contributed by atoms with E-state index in [-0.39, 0.29) is 22.7 Å². The number of nitrogens with two attached hydrogens (primary N) is 1. The van der Waals surface area contributed by atoms with Crippen molar-refractivity contribution in [2.75, 3.05) is 18.8 Å². The molecule has 0 saturated heterocycles. The summed E-state index contributed by atoms with van der Waals surface area (Å²) in [5, 5.41) is 9.15. The van der Waals surface area contributed by atoms with Crippen LogP contribution >= 0.6 is 0 Å². The summed E-state index contributed by atoms with van der Waals surface area (Å²) in [5.41, 5.74) is 6.40. The minimum absolute atomic E-state index is 0.214. The van der Waals surface area contributed by atoms with Crippen molar-refractivity contribution in [2.45, 2.75) is 18.2 Å². The van der Waals surface area contributed by atoms with E-state index in [1.165, 1.54) is 22.5 Å². The predicted molar refractivity (Wildman–Crippen MR) is 74.9 cm³/mol. The van der Waals surface area contributed by atoms with Crippen molar-refractivity contribution in [1.29, 1.82) is 0 Å². The summed E-state index contributed by atoms with van der Waals surface area (Å²) in [6, 6.07) is 3.82. The predicted octanol–water partition coefficient (Wildman–Crippen LogP) is 1.31. The van der Waals surface area contributed by atoms with Crippen LogP contribution in [-0.4, -0.2) is 36.9 Å². The molecule has 1 aliphatic rings. The number of aromatic carboxylic acids is 1. The normalized spacial score (nSPS) is 16.8. The Morgan fingerprint density at radius 1 is 1.40 bits per heavy atom. The van der Waals surface area contributed by atoms with Gasteiger partial charge in [0.2, 0.25) is 10.0 Å². The monoisotopic (exact) mass is 296 g/mol. The highest BCUT2D eigenvalue weighted by atomic mass is 32.2. The number of rotatable bonds is 3. The molecule has 3 N–H and O–H groups in total. The van der Waals surface area contributed by atoms with Gasteiger partial charge in [0.15, 0.2) is 0 Å². The molecule has 0 radical (unpaired) electrons. The maximum absolute atomic E-state index is 12.6. The fourth-order valence-corrected chi connectivity index (χ4v) is 3.82. The Hall–Kier alpha value is -1.86. The third-order valence-corrected chi connectivity index (χ3v) is 5.05. The molecule has 1 aromatic rings. The van der Waals surface area contributed by atoms with Crippen LogP contribution in [0.3, 0.4) is 0 Å². The average Bonchev–Trinajstić information content (AvgIpc) is 2.38. The van der Waals surface area contributed by atoms with Crippen molar-refractivity contribution in [1.82, 2.24) is 4.31 Å². The summed E-state index contributed by atoms with van der Waals surface area (Å²) >= 11 is 0. The SMILES string of the molecule is CC1=CCCN(S(=O)(=O)c2ccc(N)cc2C(=O)O)C1. The molecule has 6 nitrogen and oxygen atoms in total. The van der Waals surface area contributed by atoms with E-state index in [0.29, 0.717) is 13.0 Å². The van der Waals surface area contributed by atoms with Gasteiger partial charge in [0, 0.05) is 18.8 Å². The smallest absolute Gasteiger partial charge is 0.337 e. The van der Waals surface area contributed by atoms with Crippen LogP contribution < -0.4 is 5.73 Å². The molecule has 7 heteroatoms. The number of hydrogen-bond donors (Lipinski definition) is 2. The van der Waals surface area contributed by atoms with Crippen molar-refractivity contribution in [3.05, 3.63) is 35.4 Å². The fourth-order valence-electron chi connectivity index (χ4n) is 2.16. The number of hydrogen-bond acceptors (Lipinski definition) is 4. The van der Waals surface area contributed by atoms with Crippen LogP contribution in [0.25, 0.3) is 0 Å². The van der Waals surface area contributed by atoms with Gasteiger partial charge in [-0.25, -0.2) is 13.2 Å². The highest BCUT2D eigenvalue weighted by Gasteiger charge is 2.30. The second-order valence-electron chi connectivity index (χ2n) is 4.74. The van der Waals surface area contributed by atoms with Gasteiger partial charge in [-0.3, -0.25) is 0 Å². The van der Waals surface area contributed by atoms with Gasteiger partial charge in [0.25, 0.3) is 0 Å². The van der Waals surface area contributed by atoms with E-state index in [9.17, 15) is 13.2 Å². The molecular weight excluding hydrogens is 280 g/mol. The lowest BCUT2D eigenvalue weighted by atomic mass is 10.2. The molecular formula is C13H16N2O4S. The maximum atomic E-state index is 12.6. The Morgan fingerprint density at radius 2 is 2.10 bits per heavy atom. The summed E-state index contributed by atoms with van der Waals surface area (Å²) in [6.07, 6.45) is 2.61. The highest BCUT2D eigenvalue weighted by molar-refractivity contribution is 7.89. The van der Waals surface area contributed by atoms with E-state index in [1.54, 1.807) is 0 Å². The molecule has 108 valence electrons. The zero-order chi connectivity index (χ0) is 14.9. The number of carbonyl (C=O) groups is 1. The van der Waals surface area contributed by atoms with Crippen molar-refractivity contribution < 1.29 is 18.3 Å². The molecule has 1 aromatic carbocycles. The van der Waals surface area contributed by atoms with Gasteiger partial charge in [-0.05, 0) is 31.5 Å². The Morgan fingerprint density at radius 3 is 2.70 bits per heavy atom. The van der Waals surface area contributed by atoms with Gasteiger partial charge in [0.1, 0.15) is 0 Å². The molecule has 0 aromatic heterocycles. The van der Waals surface area contributed by atoms with Crippen molar-refractivity contribution in [2.24, 2.45) is 0 Å². The number of anilines is 1. The summed E-state index contributed by atoms with van der Waals surface area (Å²) in [5.74, 6) is -1.31. The Kier molecular flexibility index (Phi) is 3.82. The van der Waals surface area contributed by atoms with Crippen molar-refractivity contribution >= 4 is 21.7 Å². The third-order valence-electron chi connectivity index (χ3n) is 3.15. The van der Waals surface area contributed by atoms with E-state index in [0.717, 1.165) is 5.57 Å². The molecule has 0 atom stereocenters. The number of carboxylic acids is 1. The minimum Gasteiger partial charge on any atom is -0.478 e. The molecule has 1 heterocycles. The zero-order valence-corrected chi connectivity index (χ0v) is 11.9. The molecule has 0 amide bonds. The molecule has 20 heavy (non-hydrogen) atoms. The standard InChI is InChI=1S/C13H16N2O4S/c1-9-3-2-6-15(8-9)20(18,19)12-5-4-10(14)7-11(12)13(16)17/h3-5,7H,2,6,8,14H2,1H3,(H,16,17). The Balaban J connectivity index is 2.50. The number of sulfonamides is 1. The second-order valence-corrected chi connectivity index (χ2v) is 6.64. The summed E-state index contributed by atoms with van der Waals surface area (Å²) in [7, 11) is -3.83. The molecule has 0 bridgehead atoms. The largest absolute Gasteiger partial charge is 0.478 e. The van der Waals surface area contributed by atoms with E-state index < -0.39 is 16.0 Å². The summed E-state index contributed by atoms with van der Waals surface area (Å²) in [4.78, 5) is 11.0. The summed E-state index contributed by atoms with van der Waals surface area (Å²) in [6.45, 7) is 2.48. The van der Waals surface area contributed by atoms with Crippen LogP contribution in [0.1, 0.15) is 23.7 Å². The van der Waals surface area contributed by atoms with E-state index in [4.69, 9.17) is 10.8 Å².